The van der Waals surface area contributed by atoms with E-state index in [1.807, 2.05) is 22.6 Å². The van der Waals surface area contributed by atoms with Gasteiger partial charge in [0, 0.05) is 19.4 Å². The Morgan fingerprint density at radius 2 is 1.45 bits per heavy atom. The summed E-state index contributed by atoms with van der Waals surface area (Å²) in [5.74, 6) is 0.764. The monoisotopic (exact) mass is 559 g/mol. The molecule has 0 aliphatic heterocycles. The standard InChI is InChI=1S/C5H5ClIN3.C4HCl2IN2.CH4/c1-8-4-3(7)2-9-5(6)10-4;5-3-2(7)1-8-4(6)9-3;/h2H,1H3,(H,8,9,10);1H;1H4. The van der Waals surface area contributed by atoms with Crippen LogP contribution in [0, 0.1) is 7.14 Å². The van der Waals surface area contributed by atoms with Gasteiger partial charge in [-0.2, -0.15) is 4.98 Å². The quantitative estimate of drug-likeness (QED) is 0.309. The molecule has 2 rings (SSSR count). The molecule has 0 fully saturated rings. The molecule has 0 saturated heterocycles. The number of rotatable bonds is 1. The first kappa shape index (κ1) is 20.3. The van der Waals surface area contributed by atoms with E-state index in [4.69, 9.17) is 34.8 Å². The Labute approximate surface area is 159 Å². The van der Waals surface area contributed by atoms with Crippen LogP contribution in [0.4, 0.5) is 5.82 Å². The lowest BCUT2D eigenvalue weighted by Crippen LogP contribution is -1.96. The molecule has 0 unspecified atom stereocenters. The van der Waals surface area contributed by atoms with Gasteiger partial charge in [-0.25, -0.2) is 15.0 Å². The van der Waals surface area contributed by atoms with Crippen LogP contribution in [0.3, 0.4) is 0 Å². The molecule has 0 aliphatic carbocycles. The van der Waals surface area contributed by atoms with Crippen LogP contribution in [0.5, 0.6) is 0 Å². The maximum atomic E-state index is 5.57. The summed E-state index contributed by atoms with van der Waals surface area (Å²) >= 11 is 20.7. The average Bonchev–Trinajstić information content (AvgIpc) is 2.38. The summed E-state index contributed by atoms with van der Waals surface area (Å²) < 4.78 is 1.77. The molecule has 110 valence electrons. The van der Waals surface area contributed by atoms with Crippen LogP contribution in [-0.2, 0) is 0 Å². The molecule has 2 heterocycles. The van der Waals surface area contributed by atoms with Crippen LogP contribution >= 0.6 is 80.0 Å². The minimum absolute atomic E-state index is 0. The van der Waals surface area contributed by atoms with Gasteiger partial charge in [0.25, 0.3) is 0 Å². The highest BCUT2D eigenvalue weighted by Gasteiger charge is 1.99. The molecule has 2 aromatic heterocycles. The number of hydrogen-bond acceptors (Lipinski definition) is 5. The van der Waals surface area contributed by atoms with Gasteiger partial charge in [-0.05, 0) is 68.4 Å². The fraction of sp³-hybridized carbons (Fsp3) is 0.200. The van der Waals surface area contributed by atoms with Crippen LogP contribution in [0.25, 0.3) is 0 Å². The van der Waals surface area contributed by atoms with Crippen molar-refractivity contribution in [3.05, 3.63) is 35.3 Å². The van der Waals surface area contributed by atoms with E-state index in [0.29, 0.717) is 5.15 Å². The Morgan fingerprint density at radius 3 is 1.85 bits per heavy atom. The molecule has 20 heavy (non-hydrogen) atoms. The average molecular weight is 560 g/mol. The van der Waals surface area contributed by atoms with Crippen molar-refractivity contribution in [3.8, 4) is 0 Å². The number of aromatic nitrogens is 4. The van der Waals surface area contributed by atoms with Crippen LogP contribution in [0.1, 0.15) is 7.43 Å². The van der Waals surface area contributed by atoms with Gasteiger partial charge in [0.1, 0.15) is 11.0 Å². The van der Waals surface area contributed by atoms with Gasteiger partial charge < -0.3 is 5.32 Å². The predicted molar refractivity (Wildman–Crippen MR) is 101 cm³/mol. The van der Waals surface area contributed by atoms with Crippen molar-refractivity contribution in [2.45, 2.75) is 7.43 Å². The third kappa shape index (κ3) is 6.83. The summed E-state index contributed by atoms with van der Waals surface area (Å²) in [4.78, 5) is 15.1. The topological polar surface area (TPSA) is 63.6 Å². The lowest BCUT2D eigenvalue weighted by Gasteiger charge is -1.99. The van der Waals surface area contributed by atoms with Crippen LogP contribution in [0.2, 0.25) is 15.7 Å². The number of anilines is 1. The Hall–Kier alpha value is 0.290. The molecular weight excluding hydrogens is 550 g/mol. The lowest BCUT2D eigenvalue weighted by molar-refractivity contribution is 1.14. The van der Waals surface area contributed by atoms with Crippen molar-refractivity contribution in [3.63, 3.8) is 0 Å². The van der Waals surface area contributed by atoms with E-state index in [1.165, 1.54) is 0 Å². The summed E-state index contributed by atoms with van der Waals surface area (Å²) in [6, 6.07) is 0. The van der Waals surface area contributed by atoms with Crippen molar-refractivity contribution in [1.82, 2.24) is 19.9 Å². The Kier molecular flexibility index (Phi) is 10.2. The third-order valence-electron chi connectivity index (χ3n) is 1.62. The molecular formula is C10H10Cl3I2N5. The van der Waals surface area contributed by atoms with Crippen molar-refractivity contribution < 1.29 is 0 Å². The van der Waals surface area contributed by atoms with Crippen molar-refractivity contribution in [2.75, 3.05) is 12.4 Å². The van der Waals surface area contributed by atoms with Gasteiger partial charge in [-0.1, -0.05) is 19.0 Å². The van der Waals surface area contributed by atoms with Crippen LogP contribution in [-0.4, -0.2) is 27.0 Å². The number of nitrogens with zero attached hydrogens (tertiary/aromatic N) is 4. The maximum absolute atomic E-state index is 5.57. The number of halogens is 5. The molecule has 5 nitrogen and oxygen atoms in total. The molecule has 0 atom stereocenters. The number of nitrogens with one attached hydrogen (secondary N) is 1. The molecule has 1 N–H and O–H groups in total. The maximum Gasteiger partial charge on any atom is 0.224 e. The van der Waals surface area contributed by atoms with Gasteiger partial charge in [0.05, 0.1) is 7.14 Å². The molecule has 0 spiro atoms. The molecule has 0 aliphatic rings. The molecule has 0 amide bonds. The summed E-state index contributed by atoms with van der Waals surface area (Å²) in [6.07, 6.45) is 3.24. The molecule has 10 heteroatoms. The fourth-order valence-electron chi connectivity index (χ4n) is 0.847. The highest BCUT2D eigenvalue weighted by molar-refractivity contribution is 14.1. The first-order valence-corrected chi connectivity index (χ1v) is 7.92. The second-order valence-corrected chi connectivity index (χ2v) is 6.22. The molecule has 2 aromatic rings. The second kappa shape index (κ2) is 10.1. The fourth-order valence-corrected chi connectivity index (χ4v) is 2.08. The molecule has 0 radical (unpaired) electrons. The van der Waals surface area contributed by atoms with Crippen molar-refractivity contribution >= 4 is 85.8 Å². The Morgan fingerprint density at radius 1 is 0.950 bits per heavy atom. The molecule has 0 bridgehead atoms. The van der Waals surface area contributed by atoms with Gasteiger partial charge in [0.2, 0.25) is 10.6 Å². The summed E-state index contributed by atoms with van der Waals surface area (Å²) in [6.45, 7) is 0. The van der Waals surface area contributed by atoms with E-state index in [1.54, 1.807) is 19.4 Å². The van der Waals surface area contributed by atoms with Crippen LogP contribution in [0.15, 0.2) is 12.4 Å². The van der Waals surface area contributed by atoms with Crippen LogP contribution < -0.4 is 5.32 Å². The highest BCUT2D eigenvalue weighted by Crippen LogP contribution is 2.15. The van der Waals surface area contributed by atoms with Gasteiger partial charge in [0.15, 0.2) is 0 Å². The molecule has 0 saturated carbocycles. The zero-order valence-corrected chi connectivity index (χ0v) is 15.9. The zero-order valence-electron chi connectivity index (χ0n) is 9.33. The minimum Gasteiger partial charge on any atom is -0.372 e. The number of hydrogen-bond donors (Lipinski definition) is 1. The first-order valence-electron chi connectivity index (χ1n) is 4.63. The van der Waals surface area contributed by atoms with E-state index in [-0.39, 0.29) is 18.0 Å². The SMILES string of the molecule is C.CNc1nc(Cl)ncc1I.Clc1ncc(I)c(Cl)n1. The second-order valence-electron chi connectivity index (χ2n) is 2.86. The summed E-state index contributed by atoms with van der Waals surface area (Å²) in [7, 11) is 1.79. The minimum atomic E-state index is 0. The summed E-state index contributed by atoms with van der Waals surface area (Å²) in [5, 5.41) is 3.74. The van der Waals surface area contributed by atoms with Gasteiger partial charge in [-0.15, -0.1) is 0 Å². The largest absolute Gasteiger partial charge is 0.372 e. The Bertz CT molecular complexity index is 571. The smallest absolute Gasteiger partial charge is 0.224 e. The highest BCUT2D eigenvalue weighted by atomic mass is 127. The van der Waals surface area contributed by atoms with E-state index in [2.05, 4.69) is 47.8 Å². The van der Waals surface area contributed by atoms with Crippen molar-refractivity contribution in [2.24, 2.45) is 0 Å². The van der Waals surface area contributed by atoms with E-state index < -0.39 is 0 Å². The summed E-state index contributed by atoms with van der Waals surface area (Å²) in [5.41, 5.74) is 0. The van der Waals surface area contributed by atoms with E-state index in [9.17, 15) is 0 Å². The van der Waals surface area contributed by atoms with Gasteiger partial charge >= 0.3 is 0 Å². The van der Waals surface area contributed by atoms with E-state index >= 15 is 0 Å². The Balaban J connectivity index is 0.000000345. The lowest BCUT2D eigenvalue weighted by atomic mass is 10.6. The normalized spacial score (nSPS) is 9.10. The van der Waals surface area contributed by atoms with E-state index in [0.717, 1.165) is 13.0 Å². The predicted octanol–water partition coefficient (Wildman–Crippen LogP) is 4.80. The van der Waals surface area contributed by atoms with Crippen molar-refractivity contribution in [1.29, 1.82) is 0 Å². The third-order valence-corrected chi connectivity index (χ3v) is 4.17. The molecule has 0 aromatic carbocycles. The zero-order chi connectivity index (χ0) is 14.4. The van der Waals surface area contributed by atoms with Gasteiger partial charge in [-0.3, -0.25) is 0 Å². The first-order chi connectivity index (χ1) is 8.93.